The van der Waals surface area contributed by atoms with Crippen LogP contribution in [0, 0.1) is 20.8 Å². The highest BCUT2D eigenvalue weighted by Gasteiger charge is 2.22. The van der Waals surface area contributed by atoms with E-state index in [9.17, 15) is 4.79 Å². The summed E-state index contributed by atoms with van der Waals surface area (Å²) in [6, 6.07) is 14.5. The lowest BCUT2D eigenvalue weighted by molar-refractivity contribution is -0.129. The Morgan fingerprint density at radius 1 is 0.920 bits per heavy atom. The van der Waals surface area contributed by atoms with Crippen molar-refractivity contribution in [3.8, 4) is 0 Å². The first kappa shape index (κ1) is 17.3. The number of hydrogen-bond acceptors (Lipinski definition) is 3. The zero-order valence-corrected chi connectivity index (χ0v) is 15.4. The molecule has 1 heterocycles. The van der Waals surface area contributed by atoms with Crippen molar-refractivity contribution in [2.75, 3.05) is 42.9 Å². The van der Waals surface area contributed by atoms with E-state index in [4.69, 9.17) is 0 Å². The Balaban J connectivity index is 1.54. The largest absolute Gasteiger partial charge is 0.376 e. The van der Waals surface area contributed by atoms with Crippen LogP contribution in [0.5, 0.6) is 0 Å². The van der Waals surface area contributed by atoms with E-state index in [2.05, 4.69) is 55.3 Å². The van der Waals surface area contributed by atoms with E-state index in [1.54, 1.807) is 0 Å². The van der Waals surface area contributed by atoms with Gasteiger partial charge in [0.1, 0.15) is 0 Å². The Morgan fingerprint density at radius 3 is 2.32 bits per heavy atom. The summed E-state index contributed by atoms with van der Waals surface area (Å²) in [5.74, 6) is 0.170. The van der Waals surface area contributed by atoms with Crippen LogP contribution in [0.15, 0.2) is 42.5 Å². The third-order valence-electron chi connectivity index (χ3n) is 5.12. The fourth-order valence-corrected chi connectivity index (χ4v) is 3.33. The van der Waals surface area contributed by atoms with Crippen LogP contribution in [0.25, 0.3) is 0 Å². The van der Waals surface area contributed by atoms with Crippen LogP contribution in [0.4, 0.5) is 11.4 Å². The molecule has 1 N–H and O–H groups in total. The average Bonchev–Trinajstić information content (AvgIpc) is 2.63. The molecule has 0 bridgehead atoms. The first-order valence-electron chi connectivity index (χ1n) is 8.94. The number of nitrogens with zero attached hydrogens (tertiary/aromatic N) is 2. The van der Waals surface area contributed by atoms with Crippen LogP contribution in [-0.2, 0) is 4.79 Å². The summed E-state index contributed by atoms with van der Waals surface area (Å²) in [5.41, 5.74) is 6.15. The maximum absolute atomic E-state index is 12.5. The highest BCUT2D eigenvalue weighted by Crippen LogP contribution is 2.24. The Labute approximate surface area is 150 Å². The van der Waals surface area contributed by atoms with E-state index in [0.717, 1.165) is 37.4 Å². The molecule has 4 nitrogen and oxygen atoms in total. The number of benzene rings is 2. The van der Waals surface area contributed by atoms with Crippen LogP contribution >= 0.6 is 0 Å². The van der Waals surface area contributed by atoms with Gasteiger partial charge in [0.05, 0.1) is 6.54 Å². The number of carbonyl (C=O) groups is 1. The van der Waals surface area contributed by atoms with Gasteiger partial charge >= 0.3 is 0 Å². The van der Waals surface area contributed by atoms with Gasteiger partial charge in [0.2, 0.25) is 5.91 Å². The Kier molecular flexibility index (Phi) is 5.27. The molecule has 0 aromatic heterocycles. The quantitative estimate of drug-likeness (QED) is 0.929. The van der Waals surface area contributed by atoms with E-state index in [1.165, 1.54) is 16.8 Å². The minimum Gasteiger partial charge on any atom is -0.376 e. The maximum Gasteiger partial charge on any atom is 0.241 e. The molecule has 0 radical (unpaired) electrons. The van der Waals surface area contributed by atoms with E-state index in [0.29, 0.717) is 6.54 Å². The molecule has 1 aliphatic heterocycles. The molecule has 1 saturated heterocycles. The smallest absolute Gasteiger partial charge is 0.241 e. The van der Waals surface area contributed by atoms with Crippen molar-refractivity contribution in [2.45, 2.75) is 20.8 Å². The first-order valence-corrected chi connectivity index (χ1v) is 8.94. The van der Waals surface area contributed by atoms with Gasteiger partial charge < -0.3 is 15.1 Å². The molecule has 0 spiro atoms. The van der Waals surface area contributed by atoms with Crippen molar-refractivity contribution in [3.05, 3.63) is 59.2 Å². The van der Waals surface area contributed by atoms with Gasteiger partial charge in [-0.25, -0.2) is 0 Å². The minimum absolute atomic E-state index is 0.170. The molecule has 1 aliphatic rings. The fourth-order valence-electron chi connectivity index (χ4n) is 3.33. The number of rotatable bonds is 4. The molecule has 2 aromatic rings. The standard InChI is InChI=1S/C21H27N3O/c1-16-8-6-10-20(18(16)3)23-11-13-24(14-12-23)21(25)15-22-19-9-5-4-7-17(19)2/h4-10,22H,11-15H2,1-3H3. The minimum atomic E-state index is 0.170. The number of piperazine rings is 1. The van der Waals surface area contributed by atoms with Crippen molar-refractivity contribution in [2.24, 2.45) is 0 Å². The number of nitrogens with one attached hydrogen (secondary N) is 1. The predicted octanol–water partition coefficient (Wildman–Crippen LogP) is 3.37. The summed E-state index contributed by atoms with van der Waals surface area (Å²) in [5, 5.41) is 3.26. The summed E-state index contributed by atoms with van der Waals surface area (Å²) in [6.07, 6.45) is 0. The van der Waals surface area contributed by atoms with E-state index < -0.39 is 0 Å². The molecule has 2 aromatic carbocycles. The Bertz CT molecular complexity index is 749. The molecule has 0 saturated carbocycles. The number of hydrogen-bond donors (Lipinski definition) is 1. The molecule has 0 aliphatic carbocycles. The van der Waals surface area contributed by atoms with Gasteiger partial charge in [-0.15, -0.1) is 0 Å². The fraction of sp³-hybridized carbons (Fsp3) is 0.381. The van der Waals surface area contributed by atoms with Crippen molar-refractivity contribution in [1.82, 2.24) is 4.90 Å². The van der Waals surface area contributed by atoms with Gasteiger partial charge in [-0.3, -0.25) is 4.79 Å². The van der Waals surface area contributed by atoms with Crippen LogP contribution in [-0.4, -0.2) is 43.5 Å². The molecule has 1 amide bonds. The predicted molar refractivity (Wildman–Crippen MR) is 104 cm³/mol. The third kappa shape index (κ3) is 3.95. The monoisotopic (exact) mass is 337 g/mol. The second-order valence-corrected chi connectivity index (χ2v) is 6.76. The molecule has 0 unspecified atom stereocenters. The SMILES string of the molecule is Cc1ccccc1NCC(=O)N1CCN(c2cccc(C)c2C)CC1. The van der Waals surface area contributed by atoms with Gasteiger partial charge in [0, 0.05) is 37.6 Å². The highest BCUT2D eigenvalue weighted by atomic mass is 16.2. The van der Waals surface area contributed by atoms with Crippen LogP contribution < -0.4 is 10.2 Å². The molecule has 132 valence electrons. The van der Waals surface area contributed by atoms with Crippen molar-refractivity contribution in [3.63, 3.8) is 0 Å². The Hall–Kier alpha value is -2.49. The molecule has 25 heavy (non-hydrogen) atoms. The van der Waals surface area contributed by atoms with E-state index in [1.807, 2.05) is 23.1 Å². The van der Waals surface area contributed by atoms with Gasteiger partial charge in [-0.05, 0) is 49.6 Å². The van der Waals surface area contributed by atoms with E-state index >= 15 is 0 Å². The van der Waals surface area contributed by atoms with Gasteiger partial charge in [-0.1, -0.05) is 30.3 Å². The van der Waals surface area contributed by atoms with Crippen molar-refractivity contribution >= 4 is 17.3 Å². The molecule has 3 rings (SSSR count). The van der Waals surface area contributed by atoms with Crippen molar-refractivity contribution < 1.29 is 4.79 Å². The van der Waals surface area contributed by atoms with Gasteiger partial charge in [0.15, 0.2) is 0 Å². The average molecular weight is 337 g/mol. The lowest BCUT2D eigenvalue weighted by atomic mass is 10.1. The van der Waals surface area contributed by atoms with Gasteiger partial charge in [-0.2, -0.15) is 0 Å². The van der Waals surface area contributed by atoms with E-state index in [-0.39, 0.29) is 5.91 Å². The van der Waals surface area contributed by atoms with Crippen LogP contribution in [0.1, 0.15) is 16.7 Å². The number of amides is 1. The number of aryl methyl sites for hydroxylation is 2. The topological polar surface area (TPSA) is 35.6 Å². The molecular weight excluding hydrogens is 310 g/mol. The lowest BCUT2D eigenvalue weighted by Gasteiger charge is -2.37. The van der Waals surface area contributed by atoms with Crippen molar-refractivity contribution in [1.29, 1.82) is 0 Å². The van der Waals surface area contributed by atoms with Crippen LogP contribution in [0.3, 0.4) is 0 Å². The number of carbonyl (C=O) groups excluding carboxylic acids is 1. The summed E-state index contributed by atoms with van der Waals surface area (Å²) >= 11 is 0. The van der Waals surface area contributed by atoms with Crippen LogP contribution in [0.2, 0.25) is 0 Å². The second kappa shape index (κ2) is 7.60. The summed E-state index contributed by atoms with van der Waals surface area (Å²) in [7, 11) is 0. The normalized spacial score (nSPS) is 14.5. The zero-order chi connectivity index (χ0) is 17.8. The highest BCUT2D eigenvalue weighted by molar-refractivity contribution is 5.81. The summed E-state index contributed by atoms with van der Waals surface area (Å²) in [4.78, 5) is 16.8. The molecular formula is C21H27N3O. The second-order valence-electron chi connectivity index (χ2n) is 6.76. The molecule has 1 fully saturated rings. The van der Waals surface area contributed by atoms with Gasteiger partial charge in [0.25, 0.3) is 0 Å². The lowest BCUT2D eigenvalue weighted by Crippen LogP contribution is -2.50. The Morgan fingerprint density at radius 2 is 1.60 bits per heavy atom. The molecule has 4 heteroatoms. The number of para-hydroxylation sites is 1. The first-order chi connectivity index (χ1) is 12.1. The molecule has 0 atom stereocenters. The zero-order valence-electron chi connectivity index (χ0n) is 15.4. The summed E-state index contributed by atoms with van der Waals surface area (Å²) < 4.78 is 0. The third-order valence-corrected chi connectivity index (χ3v) is 5.12. The number of anilines is 2. The maximum atomic E-state index is 12.5. The summed E-state index contributed by atoms with van der Waals surface area (Å²) in [6.45, 7) is 10.1.